The molecule has 1 fully saturated rings. The van der Waals surface area contributed by atoms with E-state index in [1.807, 2.05) is 7.05 Å². The number of nitrogens with one attached hydrogen (secondary N) is 1. The molecule has 0 saturated carbocycles. The number of carbonyl (C=O) groups is 1. The number of nitrogens with zero attached hydrogens (tertiary/aromatic N) is 1. The standard InChI is InChI=1S/C14H18F2N2O/c1-17-8-10-4-5-18(9-10)14(19)7-11-6-12(15)2-3-13(11)16/h2-3,6,10,17H,4-5,7-9H2,1H3. The van der Waals surface area contributed by atoms with Crippen LogP contribution in [-0.2, 0) is 11.2 Å². The summed E-state index contributed by atoms with van der Waals surface area (Å²) >= 11 is 0. The Labute approximate surface area is 111 Å². The van der Waals surface area contributed by atoms with Crippen LogP contribution in [0, 0.1) is 17.6 Å². The van der Waals surface area contributed by atoms with Crippen molar-refractivity contribution in [1.29, 1.82) is 0 Å². The molecule has 5 heteroatoms. The lowest BCUT2D eigenvalue weighted by molar-refractivity contribution is -0.129. The smallest absolute Gasteiger partial charge is 0.227 e. The van der Waals surface area contributed by atoms with Crippen LogP contribution in [0.2, 0.25) is 0 Å². The zero-order chi connectivity index (χ0) is 13.8. The van der Waals surface area contributed by atoms with E-state index in [1.54, 1.807) is 4.90 Å². The number of hydrogen-bond donors (Lipinski definition) is 1. The first-order valence-corrected chi connectivity index (χ1v) is 6.46. The third-order valence-corrected chi connectivity index (χ3v) is 3.48. The third-order valence-electron chi connectivity index (χ3n) is 3.48. The molecule has 1 N–H and O–H groups in total. The second kappa shape index (κ2) is 6.10. The monoisotopic (exact) mass is 268 g/mol. The fraction of sp³-hybridized carbons (Fsp3) is 0.500. The van der Waals surface area contributed by atoms with Crippen molar-refractivity contribution in [3.63, 3.8) is 0 Å². The number of likely N-dealkylation sites (tertiary alicyclic amines) is 1. The van der Waals surface area contributed by atoms with Gasteiger partial charge in [0.25, 0.3) is 0 Å². The summed E-state index contributed by atoms with van der Waals surface area (Å²) in [6.07, 6.45) is 0.883. The average Bonchev–Trinajstić information content (AvgIpc) is 2.83. The Morgan fingerprint density at radius 1 is 1.47 bits per heavy atom. The van der Waals surface area contributed by atoms with Crippen molar-refractivity contribution < 1.29 is 13.6 Å². The molecule has 1 aromatic rings. The Hall–Kier alpha value is -1.49. The summed E-state index contributed by atoms with van der Waals surface area (Å²) < 4.78 is 26.5. The number of halogens is 2. The van der Waals surface area contributed by atoms with E-state index in [0.29, 0.717) is 19.0 Å². The SMILES string of the molecule is CNCC1CCN(C(=O)Cc2cc(F)ccc2F)C1. The van der Waals surface area contributed by atoms with Gasteiger partial charge in [0.05, 0.1) is 6.42 Å². The summed E-state index contributed by atoms with van der Waals surface area (Å²) in [7, 11) is 1.88. The number of rotatable bonds is 4. The van der Waals surface area contributed by atoms with E-state index in [2.05, 4.69) is 5.32 Å². The van der Waals surface area contributed by atoms with Gasteiger partial charge in [0, 0.05) is 18.7 Å². The van der Waals surface area contributed by atoms with Crippen molar-refractivity contribution in [1.82, 2.24) is 10.2 Å². The largest absolute Gasteiger partial charge is 0.342 e. The Balaban J connectivity index is 1.96. The molecule has 19 heavy (non-hydrogen) atoms. The van der Waals surface area contributed by atoms with Gasteiger partial charge in [0.2, 0.25) is 5.91 Å². The molecule has 1 aliphatic rings. The van der Waals surface area contributed by atoms with Gasteiger partial charge in [-0.25, -0.2) is 8.78 Å². The minimum absolute atomic E-state index is 0.0735. The average molecular weight is 268 g/mol. The lowest BCUT2D eigenvalue weighted by Crippen LogP contribution is -2.31. The van der Waals surface area contributed by atoms with Gasteiger partial charge in [0.15, 0.2) is 0 Å². The molecule has 0 bridgehead atoms. The van der Waals surface area contributed by atoms with Crippen molar-refractivity contribution in [2.45, 2.75) is 12.8 Å². The molecular formula is C14H18F2N2O. The van der Waals surface area contributed by atoms with Gasteiger partial charge in [-0.15, -0.1) is 0 Å². The van der Waals surface area contributed by atoms with E-state index in [0.717, 1.165) is 31.2 Å². The van der Waals surface area contributed by atoms with Crippen LogP contribution in [0.15, 0.2) is 18.2 Å². The number of hydrogen-bond acceptors (Lipinski definition) is 2. The lowest BCUT2D eigenvalue weighted by Gasteiger charge is -2.16. The molecule has 1 atom stereocenters. The second-order valence-corrected chi connectivity index (χ2v) is 4.96. The molecular weight excluding hydrogens is 250 g/mol. The molecule has 0 radical (unpaired) electrons. The zero-order valence-corrected chi connectivity index (χ0v) is 11.0. The number of amides is 1. The fourth-order valence-electron chi connectivity index (χ4n) is 2.47. The molecule has 1 aromatic carbocycles. The molecule has 1 amide bonds. The molecule has 0 aliphatic carbocycles. The van der Waals surface area contributed by atoms with Gasteiger partial charge in [-0.2, -0.15) is 0 Å². The van der Waals surface area contributed by atoms with E-state index >= 15 is 0 Å². The molecule has 1 unspecified atom stereocenters. The fourth-order valence-corrected chi connectivity index (χ4v) is 2.47. The third kappa shape index (κ3) is 3.50. The van der Waals surface area contributed by atoms with Crippen LogP contribution in [0.25, 0.3) is 0 Å². The first kappa shape index (κ1) is 13.9. The van der Waals surface area contributed by atoms with E-state index in [4.69, 9.17) is 0 Å². The van der Waals surface area contributed by atoms with Crippen LogP contribution < -0.4 is 5.32 Å². The van der Waals surface area contributed by atoms with Gasteiger partial charge in [-0.05, 0) is 44.1 Å². The quantitative estimate of drug-likeness (QED) is 0.899. The molecule has 104 valence electrons. The summed E-state index contributed by atoms with van der Waals surface area (Å²) in [6.45, 7) is 2.26. The van der Waals surface area contributed by atoms with Crippen LogP contribution in [0.5, 0.6) is 0 Å². The topological polar surface area (TPSA) is 32.3 Å². The highest BCUT2D eigenvalue weighted by atomic mass is 19.1. The van der Waals surface area contributed by atoms with Crippen LogP contribution in [0.4, 0.5) is 8.78 Å². The zero-order valence-electron chi connectivity index (χ0n) is 11.0. The van der Waals surface area contributed by atoms with Crippen molar-refractivity contribution in [2.75, 3.05) is 26.7 Å². The highest BCUT2D eigenvalue weighted by Gasteiger charge is 2.26. The Bertz CT molecular complexity index is 465. The molecule has 1 heterocycles. The lowest BCUT2D eigenvalue weighted by atomic mass is 10.1. The molecule has 1 saturated heterocycles. The summed E-state index contributed by atoms with van der Waals surface area (Å²) in [6, 6.07) is 3.21. The predicted octanol–water partition coefficient (Wildman–Crippen LogP) is 1.58. The first-order valence-electron chi connectivity index (χ1n) is 6.46. The molecule has 3 nitrogen and oxygen atoms in total. The van der Waals surface area contributed by atoms with Gasteiger partial charge >= 0.3 is 0 Å². The van der Waals surface area contributed by atoms with E-state index < -0.39 is 11.6 Å². The van der Waals surface area contributed by atoms with Gasteiger partial charge in [0.1, 0.15) is 11.6 Å². The van der Waals surface area contributed by atoms with Crippen LogP contribution in [0.3, 0.4) is 0 Å². The normalized spacial score (nSPS) is 18.9. The van der Waals surface area contributed by atoms with E-state index in [9.17, 15) is 13.6 Å². The van der Waals surface area contributed by atoms with Gasteiger partial charge in [-0.1, -0.05) is 0 Å². The van der Waals surface area contributed by atoms with Crippen molar-refractivity contribution in [3.05, 3.63) is 35.4 Å². The van der Waals surface area contributed by atoms with Gasteiger partial charge in [-0.3, -0.25) is 4.79 Å². The molecule has 0 aromatic heterocycles. The minimum Gasteiger partial charge on any atom is -0.342 e. The highest BCUT2D eigenvalue weighted by molar-refractivity contribution is 5.79. The Kier molecular flexibility index (Phi) is 4.47. The second-order valence-electron chi connectivity index (χ2n) is 4.96. The highest BCUT2D eigenvalue weighted by Crippen LogP contribution is 2.18. The maximum absolute atomic E-state index is 13.5. The first-order chi connectivity index (χ1) is 9.10. The van der Waals surface area contributed by atoms with Crippen molar-refractivity contribution in [2.24, 2.45) is 5.92 Å². The minimum atomic E-state index is -0.527. The Morgan fingerprint density at radius 2 is 2.26 bits per heavy atom. The van der Waals surface area contributed by atoms with Crippen LogP contribution in [-0.4, -0.2) is 37.5 Å². The summed E-state index contributed by atoms with van der Waals surface area (Å²) in [5.41, 5.74) is 0.127. The Morgan fingerprint density at radius 3 is 3.00 bits per heavy atom. The van der Waals surface area contributed by atoms with Crippen LogP contribution >= 0.6 is 0 Å². The van der Waals surface area contributed by atoms with E-state index in [-0.39, 0.29) is 17.9 Å². The predicted molar refractivity (Wildman–Crippen MR) is 68.7 cm³/mol. The van der Waals surface area contributed by atoms with E-state index in [1.165, 1.54) is 0 Å². The number of carbonyl (C=O) groups excluding carboxylic acids is 1. The molecule has 2 rings (SSSR count). The van der Waals surface area contributed by atoms with Crippen LogP contribution in [0.1, 0.15) is 12.0 Å². The number of benzene rings is 1. The summed E-state index contributed by atoms with van der Waals surface area (Å²) in [5, 5.41) is 3.09. The van der Waals surface area contributed by atoms with Crippen molar-refractivity contribution in [3.8, 4) is 0 Å². The summed E-state index contributed by atoms with van der Waals surface area (Å²) in [5.74, 6) is -0.728. The maximum atomic E-state index is 13.5. The van der Waals surface area contributed by atoms with Gasteiger partial charge < -0.3 is 10.2 Å². The molecule has 0 spiro atoms. The van der Waals surface area contributed by atoms with Crippen molar-refractivity contribution >= 4 is 5.91 Å². The maximum Gasteiger partial charge on any atom is 0.227 e. The summed E-state index contributed by atoms with van der Waals surface area (Å²) in [4.78, 5) is 13.8. The molecule has 1 aliphatic heterocycles.